The molecule has 0 saturated heterocycles. The summed E-state index contributed by atoms with van der Waals surface area (Å²) in [6, 6.07) is 23.6. The minimum Gasteiger partial charge on any atom is -0.484 e. The van der Waals surface area contributed by atoms with E-state index in [0.29, 0.717) is 5.75 Å². The van der Waals surface area contributed by atoms with Crippen molar-refractivity contribution in [3.8, 4) is 17.0 Å². The quantitative estimate of drug-likeness (QED) is 0.382. The highest BCUT2D eigenvalue weighted by Crippen LogP contribution is 2.31. The number of hydrazone groups is 1. The summed E-state index contributed by atoms with van der Waals surface area (Å²) in [4.78, 5) is 12.1. The third-order valence-corrected chi connectivity index (χ3v) is 4.76. The van der Waals surface area contributed by atoms with Gasteiger partial charge in [0.1, 0.15) is 11.6 Å². The maximum atomic E-state index is 12.9. The Kier molecular flexibility index (Phi) is 5.57. The van der Waals surface area contributed by atoms with Crippen molar-refractivity contribution in [3.63, 3.8) is 0 Å². The third-order valence-electron chi connectivity index (χ3n) is 4.76. The number of amides is 1. The number of nitrogens with one attached hydrogen (secondary N) is 1. The third kappa shape index (κ3) is 4.07. The lowest BCUT2D eigenvalue weighted by atomic mass is 10.1. The van der Waals surface area contributed by atoms with E-state index in [1.165, 1.54) is 24.3 Å². The molecule has 4 aromatic rings. The second kappa shape index (κ2) is 8.61. The highest BCUT2D eigenvalue weighted by Gasteiger charge is 2.15. The van der Waals surface area contributed by atoms with Crippen LogP contribution in [0.25, 0.3) is 22.2 Å². The molecule has 30 heavy (non-hydrogen) atoms. The first-order chi connectivity index (χ1) is 14.6. The second-order valence-corrected chi connectivity index (χ2v) is 6.74. The van der Waals surface area contributed by atoms with Crippen molar-refractivity contribution < 1.29 is 13.9 Å². The topological polar surface area (TPSA) is 55.6 Å². The SMILES string of the molecule is Cn1c(-c2ccccc2)c(C=NNC(=O)COc2ccc(F)cc2)c2ccccc21. The van der Waals surface area contributed by atoms with E-state index in [2.05, 4.69) is 15.1 Å². The summed E-state index contributed by atoms with van der Waals surface area (Å²) in [6.07, 6.45) is 1.65. The van der Waals surface area contributed by atoms with Gasteiger partial charge >= 0.3 is 0 Å². The number of carbonyl (C=O) groups excluding carboxylic acids is 1. The van der Waals surface area contributed by atoms with Crippen LogP contribution in [0.1, 0.15) is 5.56 Å². The van der Waals surface area contributed by atoms with Gasteiger partial charge in [-0.1, -0.05) is 48.5 Å². The van der Waals surface area contributed by atoms with Crippen LogP contribution in [0.4, 0.5) is 4.39 Å². The molecule has 0 radical (unpaired) electrons. The number of aromatic nitrogens is 1. The maximum Gasteiger partial charge on any atom is 0.277 e. The minimum atomic E-state index is -0.405. The van der Waals surface area contributed by atoms with Crippen LogP contribution in [-0.2, 0) is 11.8 Å². The van der Waals surface area contributed by atoms with Gasteiger partial charge in [0, 0.05) is 23.5 Å². The van der Waals surface area contributed by atoms with Gasteiger partial charge in [-0.25, -0.2) is 9.82 Å². The van der Waals surface area contributed by atoms with Gasteiger partial charge in [0.2, 0.25) is 0 Å². The summed E-state index contributed by atoms with van der Waals surface area (Å²) in [5, 5.41) is 5.18. The van der Waals surface area contributed by atoms with Gasteiger partial charge in [-0.05, 0) is 35.9 Å². The molecule has 150 valence electrons. The summed E-state index contributed by atoms with van der Waals surface area (Å²) >= 11 is 0. The van der Waals surface area contributed by atoms with Gasteiger partial charge < -0.3 is 9.30 Å². The van der Waals surface area contributed by atoms with Crippen LogP contribution >= 0.6 is 0 Å². The number of carbonyl (C=O) groups is 1. The number of hydrogen-bond donors (Lipinski definition) is 1. The number of halogens is 1. The molecular formula is C24H20FN3O2. The van der Waals surface area contributed by atoms with Crippen LogP contribution in [-0.4, -0.2) is 23.3 Å². The van der Waals surface area contributed by atoms with Crippen molar-refractivity contribution in [3.05, 3.63) is 90.2 Å². The first-order valence-electron chi connectivity index (χ1n) is 9.46. The molecule has 0 aliphatic rings. The first kappa shape index (κ1) is 19.4. The Hall–Kier alpha value is -3.93. The van der Waals surface area contributed by atoms with E-state index in [0.717, 1.165) is 27.7 Å². The van der Waals surface area contributed by atoms with E-state index in [-0.39, 0.29) is 12.4 Å². The highest BCUT2D eigenvalue weighted by atomic mass is 19.1. The predicted octanol–water partition coefficient (Wildman–Crippen LogP) is 4.51. The number of para-hydroxylation sites is 1. The Balaban J connectivity index is 1.53. The molecule has 0 atom stereocenters. The van der Waals surface area contributed by atoms with Gasteiger partial charge in [0.15, 0.2) is 6.61 Å². The zero-order chi connectivity index (χ0) is 20.9. The van der Waals surface area contributed by atoms with Gasteiger partial charge in [-0.15, -0.1) is 0 Å². The van der Waals surface area contributed by atoms with Crippen molar-refractivity contribution in [2.24, 2.45) is 12.1 Å². The molecule has 0 aliphatic heterocycles. The van der Waals surface area contributed by atoms with E-state index in [9.17, 15) is 9.18 Å². The number of nitrogens with zero attached hydrogens (tertiary/aromatic N) is 2. The van der Waals surface area contributed by atoms with Crippen LogP contribution in [0.2, 0.25) is 0 Å². The van der Waals surface area contributed by atoms with Gasteiger partial charge in [0.25, 0.3) is 5.91 Å². The molecule has 5 nitrogen and oxygen atoms in total. The van der Waals surface area contributed by atoms with E-state index in [4.69, 9.17) is 4.74 Å². The number of benzene rings is 3. The Bertz CT molecular complexity index is 1200. The van der Waals surface area contributed by atoms with Crippen molar-refractivity contribution >= 4 is 23.0 Å². The Labute approximate surface area is 173 Å². The molecule has 6 heteroatoms. The lowest BCUT2D eigenvalue weighted by Gasteiger charge is -2.06. The van der Waals surface area contributed by atoms with Gasteiger partial charge in [-0.3, -0.25) is 4.79 Å². The fourth-order valence-electron chi connectivity index (χ4n) is 3.38. The lowest BCUT2D eigenvalue weighted by molar-refractivity contribution is -0.123. The average molecular weight is 401 g/mol. The van der Waals surface area contributed by atoms with Crippen molar-refractivity contribution in [2.75, 3.05) is 6.61 Å². The van der Waals surface area contributed by atoms with E-state index < -0.39 is 5.91 Å². The Morgan fingerprint density at radius 2 is 1.73 bits per heavy atom. The van der Waals surface area contributed by atoms with Crippen LogP contribution in [0.3, 0.4) is 0 Å². The summed E-state index contributed by atoms with van der Waals surface area (Å²) in [5.74, 6) is -0.353. The van der Waals surface area contributed by atoms with E-state index in [1.807, 2.05) is 61.6 Å². The van der Waals surface area contributed by atoms with Crippen LogP contribution in [0.5, 0.6) is 5.75 Å². The summed E-state index contributed by atoms with van der Waals surface area (Å²) in [6.45, 7) is -0.218. The average Bonchev–Trinajstić information content (AvgIpc) is 3.06. The maximum absolute atomic E-state index is 12.9. The van der Waals surface area contributed by atoms with Gasteiger partial charge in [-0.2, -0.15) is 5.10 Å². The molecule has 0 bridgehead atoms. The molecule has 0 unspecified atom stereocenters. The fraction of sp³-hybridized carbons (Fsp3) is 0.0833. The Morgan fingerprint density at radius 1 is 1.03 bits per heavy atom. The second-order valence-electron chi connectivity index (χ2n) is 6.74. The number of rotatable bonds is 6. The molecule has 1 N–H and O–H groups in total. The van der Waals surface area contributed by atoms with E-state index in [1.54, 1.807) is 6.21 Å². The van der Waals surface area contributed by atoms with Crippen LogP contribution < -0.4 is 10.2 Å². The standard InChI is InChI=1S/C24H20FN3O2/c1-28-22-10-6-5-9-20(22)21(24(28)17-7-3-2-4-8-17)15-26-27-23(29)16-30-19-13-11-18(25)12-14-19/h2-15H,16H2,1H3,(H,27,29). The summed E-state index contributed by atoms with van der Waals surface area (Å²) < 4.78 is 20.4. The molecular weight excluding hydrogens is 381 g/mol. The lowest BCUT2D eigenvalue weighted by Crippen LogP contribution is -2.24. The number of ether oxygens (including phenoxy) is 1. The molecule has 3 aromatic carbocycles. The van der Waals surface area contributed by atoms with Gasteiger partial charge in [0.05, 0.1) is 11.9 Å². The zero-order valence-electron chi connectivity index (χ0n) is 16.4. The van der Waals surface area contributed by atoms with Crippen LogP contribution in [0, 0.1) is 5.82 Å². The molecule has 4 rings (SSSR count). The molecule has 0 saturated carbocycles. The van der Waals surface area contributed by atoms with Crippen molar-refractivity contribution in [2.45, 2.75) is 0 Å². The molecule has 0 fully saturated rings. The normalized spacial score (nSPS) is 11.1. The largest absolute Gasteiger partial charge is 0.484 e. The minimum absolute atomic E-state index is 0.218. The van der Waals surface area contributed by atoms with E-state index >= 15 is 0 Å². The number of fused-ring (bicyclic) bond motifs is 1. The number of aryl methyl sites for hydroxylation is 1. The Morgan fingerprint density at radius 3 is 2.50 bits per heavy atom. The van der Waals surface area contributed by atoms with Crippen LogP contribution in [0.15, 0.2) is 84.0 Å². The molecule has 1 heterocycles. The fourth-order valence-corrected chi connectivity index (χ4v) is 3.38. The number of hydrogen-bond acceptors (Lipinski definition) is 3. The van der Waals surface area contributed by atoms with Crippen molar-refractivity contribution in [1.82, 2.24) is 9.99 Å². The summed E-state index contributed by atoms with van der Waals surface area (Å²) in [5.41, 5.74) is 6.55. The monoisotopic (exact) mass is 401 g/mol. The van der Waals surface area contributed by atoms with Crippen molar-refractivity contribution in [1.29, 1.82) is 0 Å². The molecule has 1 amide bonds. The molecule has 0 aliphatic carbocycles. The highest BCUT2D eigenvalue weighted by molar-refractivity contribution is 6.06. The summed E-state index contributed by atoms with van der Waals surface area (Å²) in [7, 11) is 2.01. The first-order valence-corrected chi connectivity index (χ1v) is 9.46. The predicted molar refractivity (Wildman–Crippen MR) is 116 cm³/mol. The zero-order valence-corrected chi connectivity index (χ0v) is 16.4. The molecule has 1 aromatic heterocycles. The molecule has 0 spiro atoms. The smallest absolute Gasteiger partial charge is 0.277 e.